The van der Waals surface area contributed by atoms with Crippen molar-refractivity contribution in [2.75, 3.05) is 10.6 Å². The van der Waals surface area contributed by atoms with Crippen LogP contribution in [0.1, 0.15) is 33.5 Å². The highest BCUT2D eigenvalue weighted by Gasteiger charge is 2.22. The summed E-state index contributed by atoms with van der Waals surface area (Å²) in [7, 11) is 3.29. The fourth-order valence-electron chi connectivity index (χ4n) is 5.23. The van der Waals surface area contributed by atoms with Crippen LogP contribution in [0.25, 0.3) is 27.7 Å². The van der Waals surface area contributed by atoms with Crippen molar-refractivity contribution in [2.45, 2.75) is 20.4 Å². The van der Waals surface area contributed by atoms with E-state index in [0.29, 0.717) is 57.1 Å². The van der Waals surface area contributed by atoms with Crippen molar-refractivity contribution in [3.8, 4) is 16.8 Å². The highest BCUT2D eigenvalue weighted by Crippen LogP contribution is 2.24. The molecule has 0 aliphatic carbocycles. The Balaban J connectivity index is 1.33. The first kappa shape index (κ1) is 28.2. The number of hydrogen-bond acceptors (Lipinski definition) is 7. The maximum Gasteiger partial charge on any atom is 0.290 e. The molecule has 6 rings (SSSR count). The molecule has 222 valence electrons. The summed E-state index contributed by atoms with van der Waals surface area (Å²) in [4.78, 5) is 56.8. The third kappa shape index (κ3) is 4.89. The number of hydrogen-bond donors (Lipinski definition) is 2. The molecule has 2 N–H and O–H groups in total. The minimum Gasteiger partial charge on any atom is -0.381 e. The molecule has 44 heavy (non-hydrogen) atoms. The van der Waals surface area contributed by atoms with E-state index in [1.54, 1.807) is 97.2 Å². The molecule has 2 aromatic carbocycles. The highest BCUT2D eigenvalue weighted by atomic mass is 16.5. The molecule has 0 radical (unpaired) electrons. The van der Waals surface area contributed by atoms with Gasteiger partial charge in [0.15, 0.2) is 11.5 Å². The Kier molecular flexibility index (Phi) is 7.05. The van der Waals surface area contributed by atoms with Crippen LogP contribution < -0.4 is 21.8 Å². The first-order valence-electron chi connectivity index (χ1n) is 13.8. The molecular weight excluding hydrogens is 564 g/mol. The maximum absolute atomic E-state index is 13.6. The molecule has 4 heterocycles. The van der Waals surface area contributed by atoms with Gasteiger partial charge in [0.1, 0.15) is 11.3 Å². The lowest BCUT2D eigenvalue weighted by atomic mass is 10.1. The van der Waals surface area contributed by atoms with Gasteiger partial charge in [-0.25, -0.2) is 9.67 Å². The van der Waals surface area contributed by atoms with Crippen LogP contribution in [0.15, 0.2) is 87.2 Å². The predicted octanol–water partition coefficient (Wildman–Crippen LogP) is 3.71. The zero-order valence-corrected chi connectivity index (χ0v) is 24.4. The number of nitrogens with one attached hydrogen (secondary N) is 2. The molecule has 0 saturated heterocycles. The van der Waals surface area contributed by atoms with Gasteiger partial charge in [-0.15, -0.1) is 0 Å². The van der Waals surface area contributed by atoms with Gasteiger partial charge in [0.2, 0.25) is 0 Å². The minimum absolute atomic E-state index is 0.0534. The number of carbonyl (C=O) groups is 2. The first-order chi connectivity index (χ1) is 21.2. The second-order valence-electron chi connectivity index (χ2n) is 10.1. The average molecular weight is 593 g/mol. The number of fused-ring (bicyclic) bond motifs is 1. The number of rotatable bonds is 7. The predicted molar refractivity (Wildman–Crippen MR) is 164 cm³/mol. The Hall–Kier alpha value is -5.98. The van der Waals surface area contributed by atoms with Crippen molar-refractivity contribution in [2.24, 2.45) is 14.1 Å². The Morgan fingerprint density at radius 2 is 1.70 bits per heavy atom. The zero-order valence-electron chi connectivity index (χ0n) is 24.4. The van der Waals surface area contributed by atoms with Gasteiger partial charge in [-0.05, 0) is 55.8 Å². The lowest BCUT2D eigenvalue weighted by Crippen LogP contribution is -2.21. The van der Waals surface area contributed by atoms with Crippen LogP contribution in [0, 0.1) is 6.92 Å². The van der Waals surface area contributed by atoms with Crippen LogP contribution in [-0.4, -0.2) is 40.7 Å². The molecule has 0 saturated carbocycles. The molecule has 0 spiro atoms. The van der Waals surface area contributed by atoms with E-state index in [1.807, 2.05) is 6.92 Å². The lowest BCUT2D eigenvalue weighted by molar-refractivity contribution is 0.101. The molecule has 0 fully saturated rings. The van der Waals surface area contributed by atoms with E-state index in [9.17, 15) is 19.2 Å². The Morgan fingerprint density at radius 3 is 2.36 bits per heavy atom. The van der Waals surface area contributed by atoms with E-state index in [2.05, 4.69) is 20.7 Å². The summed E-state index contributed by atoms with van der Waals surface area (Å²) in [5.74, 6) is -0.0309. The molecule has 4 aromatic heterocycles. The standard InChI is InChI=1S/C31H28N8O5/c1-5-38-27-23(30(42)39(38)22-11-9-19(10-12-22)25-18(2)44-37(4)31(25)43)13-15-32-26(27)29(41)33-21-8-6-7-20(17-21)28(40)34-24-14-16-36(3)35-24/h6-17H,5H2,1-4H3,(H,33,41)(H,34,35,40). The van der Waals surface area contributed by atoms with Gasteiger partial charge in [-0.2, -0.15) is 9.84 Å². The van der Waals surface area contributed by atoms with Crippen LogP contribution in [-0.2, 0) is 20.6 Å². The molecule has 0 unspecified atom stereocenters. The van der Waals surface area contributed by atoms with E-state index in [1.165, 1.54) is 15.6 Å². The summed E-state index contributed by atoms with van der Waals surface area (Å²) >= 11 is 0. The number of amides is 2. The Bertz CT molecular complexity index is 2180. The third-order valence-corrected chi connectivity index (χ3v) is 7.23. The summed E-state index contributed by atoms with van der Waals surface area (Å²) in [5.41, 5.74) is 2.20. The van der Waals surface area contributed by atoms with Gasteiger partial charge in [0.25, 0.3) is 22.9 Å². The second-order valence-corrected chi connectivity index (χ2v) is 10.1. The van der Waals surface area contributed by atoms with Gasteiger partial charge in [-0.1, -0.05) is 18.2 Å². The lowest BCUT2D eigenvalue weighted by Gasteiger charge is -2.13. The number of nitrogens with zero attached hydrogens (tertiary/aromatic N) is 6. The Morgan fingerprint density at radius 1 is 0.932 bits per heavy atom. The van der Waals surface area contributed by atoms with Crippen LogP contribution in [0.3, 0.4) is 0 Å². The molecule has 0 bridgehead atoms. The Labute approximate surface area is 249 Å². The van der Waals surface area contributed by atoms with E-state index in [-0.39, 0.29) is 22.7 Å². The number of aromatic nitrogens is 6. The largest absolute Gasteiger partial charge is 0.381 e. The number of benzene rings is 2. The van der Waals surface area contributed by atoms with Gasteiger partial charge in [0, 0.05) is 50.4 Å². The first-order valence-corrected chi connectivity index (χ1v) is 13.8. The van der Waals surface area contributed by atoms with Crippen LogP contribution in [0.5, 0.6) is 0 Å². The molecular formula is C31H28N8O5. The van der Waals surface area contributed by atoms with E-state index >= 15 is 0 Å². The van der Waals surface area contributed by atoms with Crippen LogP contribution in [0.4, 0.5) is 11.5 Å². The fraction of sp³-hybridized carbons (Fsp3) is 0.161. The molecule has 0 atom stereocenters. The number of pyridine rings is 1. The average Bonchev–Trinajstić information content (AvgIpc) is 3.64. The summed E-state index contributed by atoms with van der Waals surface area (Å²) in [6.45, 7) is 3.94. The summed E-state index contributed by atoms with van der Waals surface area (Å²) in [6.07, 6.45) is 3.13. The minimum atomic E-state index is -0.543. The number of aryl methyl sites for hydroxylation is 4. The van der Waals surface area contributed by atoms with Crippen LogP contribution >= 0.6 is 0 Å². The normalized spacial score (nSPS) is 11.2. The van der Waals surface area contributed by atoms with Crippen molar-refractivity contribution in [3.05, 3.63) is 111 Å². The van der Waals surface area contributed by atoms with Crippen molar-refractivity contribution in [1.82, 2.24) is 28.9 Å². The summed E-state index contributed by atoms with van der Waals surface area (Å²) in [5, 5.41) is 9.99. The second kappa shape index (κ2) is 11.0. The monoisotopic (exact) mass is 592 g/mol. The van der Waals surface area contributed by atoms with E-state index in [0.717, 1.165) is 0 Å². The molecule has 0 aliphatic rings. The molecule has 13 nitrogen and oxygen atoms in total. The van der Waals surface area contributed by atoms with Crippen molar-refractivity contribution in [1.29, 1.82) is 0 Å². The van der Waals surface area contributed by atoms with E-state index < -0.39 is 5.91 Å². The van der Waals surface area contributed by atoms with Gasteiger partial charge >= 0.3 is 0 Å². The quantitative estimate of drug-likeness (QED) is 0.287. The fourth-order valence-corrected chi connectivity index (χ4v) is 5.23. The zero-order chi connectivity index (χ0) is 31.1. The molecule has 13 heteroatoms. The summed E-state index contributed by atoms with van der Waals surface area (Å²) < 4.78 is 11.3. The SMILES string of the molecule is CCn1c2c(C(=O)Nc3cccc(C(=O)Nc4ccn(C)n4)c3)nccc2c(=O)n1-c1ccc(-c2c(C)on(C)c2=O)cc1. The van der Waals surface area contributed by atoms with Crippen molar-refractivity contribution in [3.63, 3.8) is 0 Å². The molecule has 0 aliphatic heterocycles. The van der Waals surface area contributed by atoms with Gasteiger partial charge in [-0.3, -0.25) is 28.5 Å². The maximum atomic E-state index is 13.6. The van der Waals surface area contributed by atoms with Gasteiger partial charge in [0.05, 0.1) is 16.6 Å². The topological polar surface area (TPSA) is 151 Å². The van der Waals surface area contributed by atoms with Crippen LogP contribution in [0.2, 0.25) is 0 Å². The van der Waals surface area contributed by atoms with E-state index in [4.69, 9.17) is 4.52 Å². The number of anilines is 2. The highest BCUT2D eigenvalue weighted by molar-refractivity contribution is 6.11. The third-order valence-electron chi connectivity index (χ3n) is 7.23. The van der Waals surface area contributed by atoms with Crippen molar-refractivity contribution < 1.29 is 14.1 Å². The number of carbonyl (C=O) groups excluding carboxylic acids is 2. The van der Waals surface area contributed by atoms with Gasteiger partial charge < -0.3 is 15.2 Å². The molecule has 6 aromatic rings. The van der Waals surface area contributed by atoms with Crippen molar-refractivity contribution >= 4 is 34.2 Å². The smallest absolute Gasteiger partial charge is 0.290 e. The summed E-state index contributed by atoms with van der Waals surface area (Å²) in [6, 6.07) is 16.7. The molecule has 2 amide bonds.